The number of imide groups is 1. The molecule has 202 valence electrons. The maximum atomic E-state index is 13.0. The molecule has 2 N–H and O–H groups in total. The van der Waals surface area contributed by atoms with Gasteiger partial charge in [-0.2, -0.15) is 0 Å². The highest BCUT2D eigenvalue weighted by atomic mass is 35.5. The van der Waals surface area contributed by atoms with E-state index >= 15 is 0 Å². The van der Waals surface area contributed by atoms with E-state index in [1.54, 1.807) is 29.2 Å². The molecule has 3 saturated heterocycles. The minimum Gasteiger partial charge on any atom is -0.494 e. The van der Waals surface area contributed by atoms with Gasteiger partial charge in [-0.1, -0.05) is 11.6 Å². The summed E-state index contributed by atoms with van der Waals surface area (Å²) in [6.45, 7) is 3.52. The van der Waals surface area contributed by atoms with Crippen LogP contribution in [0.5, 0.6) is 5.75 Å². The summed E-state index contributed by atoms with van der Waals surface area (Å²) in [7, 11) is 0. The summed E-state index contributed by atoms with van der Waals surface area (Å²) in [6.07, 6.45) is 4.15. The number of rotatable bonds is 9. The summed E-state index contributed by atoms with van der Waals surface area (Å²) < 4.78 is 5.65. The zero-order valence-electron chi connectivity index (χ0n) is 20.9. The van der Waals surface area contributed by atoms with Crippen LogP contribution in [0.25, 0.3) is 0 Å². The van der Waals surface area contributed by atoms with Gasteiger partial charge in [-0.05, 0) is 75.4 Å². The first-order chi connectivity index (χ1) is 17.8. The van der Waals surface area contributed by atoms with Crippen molar-refractivity contribution in [3.8, 4) is 5.75 Å². The Morgan fingerprint density at radius 1 is 1.00 bits per heavy atom. The molecule has 2 atom stereocenters. The lowest BCUT2D eigenvalue weighted by atomic mass is 9.78. The second kappa shape index (κ2) is 12.6. The molecule has 3 aliphatic heterocycles. The SMILES string of the molecule is O=C(O)[C@@H]1[C@@H](CC2CCNCC2)C(=O)N1C(=O)N1CCN(C(=O)CCCCOc2ccc(Cl)cc2)CC1. The Labute approximate surface area is 221 Å². The van der Waals surface area contributed by atoms with Crippen LogP contribution in [-0.2, 0) is 14.4 Å². The van der Waals surface area contributed by atoms with Crippen LogP contribution in [0.2, 0.25) is 5.02 Å². The molecule has 3 aliphatic rings. The van der Waals surface area contributed by atoms with Gasteiger partial charge in [0.05, 0.1) is 12.5 Å². The maximum absolute atomic E-state index is 13.0. The third kappa shape index (κ3) is 6.73. The number of ether oxygens (including phenoxy) is 1. The van der Waals surface area contributed by atoms with E-state index in [0.29, 0.717) is 49.9 Å². The van der Waals surface area contributed by atoms with E-state index in [0.717, 1.165) is 43.0 Å². The average Bonchev–Trinajstić information content (AvgIpc) is 2.91. The first-order valence-electron chi connectivity index (χ1n) is 13.1. The summed E-state index contributed by atoms with van der Waals surface area (Å²) in [5, 5.41) is 13.6. The van der Waals surface area contributed by atoms with Crippen molar-refractivity contribution in [1.82, 2.24) is 20.0 Å². The van der Waals surface area contributed by atoms with Crippen molar-refractivity contribution in [3.05, 3.63) is 29.3 Å². The largest absolute Gasteiger partial charge is 0.494 e. The van der Waals surface area contributed by atoms with Gasteiger partial charge in [0, 0.05) is 37.6 Å². The number of benzene rings is 1. The minimum absolute atomic E-state index is 0.0177. The standard InChI is InChI=1S/C26H35ClN4O6/c27-19-4-6-20(7-5-19)37-16-2-1-3-22(32)29-12-14-30(15-13-29)26(36)31-23(25(34)35)21(24(31)33)17-18-8-10-28-11-9-18/h4-7,18,21,23,28H,1-3,8-17H2,(H,34,35)/t21-,23+/m1/s1. The zero-order chi connectivity index (χ0) is 26.4. The van der Waals surface area contributed by atoms with Crippen LogP contribution in [0.1, 0.15) is 38.5 Å². The van der Waals surface area contributed by atoms with E-state index in [1.165, 1.54) is 4.90 Å². The molecule has 4 amide bonds. The van der Waals surface area contributed by atoms with Crippen molar-refractivity contribution in [2.75, 3.05) is 45.9 Å². The molecule has 0 spiro atoms. The number of likely N-dealkylation sites (tertiary alicyclic amines) is 1. The Balaban J connectivity index is 1.18. The quantitative estimate of drug-likeness (QED) is 0.369. The van der Waals surface area contributed by atoms with Gasteiger partial charge in [-0.15, -0.1) is 0 Å². The van der Waals surface area contributed by atoms with Crippen LogP contribution in [0, 0.1) is 11.8 Å². The highest BCUT2D eigenvalue weighted by Crippen LogP contribution is 2.35. The van der Waals surface area contributed by atoms with Crippen molar-refractivity contribution in [3.63, 3.8) is 0 Å². The number of carbonyl (C=O) groups excluding carboxylic acids is 3. The fourth-order valence-corrected chi connectivity index (χ4v) is 5.43. The molecule has 11 heteroatoms. The van der Waals surface area contributed by atoms with Gasteiger partial charge < -0.3 is 25.0 Å². The van der Waals surface area contributed by atoms with E-state index in [1.807, 2.05) is 0 Å². The summed E-state index contributed by atoms with van der Waals surface area (Å²) >= 11 is 5.86. The number of amides is 4. The molecule has 10 nitrogen and oxygen atoms in total. The Morgan fingerprint density at radius 3 is 2.30 bits per heavy atom. The normalized spacial score (nSPS) is 22.5. The highest BCUT2D eigenvalue weighted by Gasteiger charge is 2.56. The van der Waals surface area contributed by atoms with Crippen LogP contribution >= 0.6 is 11.6 Å². The molecule has 0 aromatic heterocycles. The third-order valence-electron chi connectivity index (χ3n) is 7.49. The molecule has 0 bridgehead atoms. The van der Waals surface area contributed by atoms with Gasteiger partial charge in [-0.25, -0.2) is 14.5 Å². The summed E-state index contributed by atoms with van der Waals surface area (Å²) in [6, 6.07) is 5.45. The van der Waals surface area contributed by atoms with E-state index in [4.69, 9.17) is 16.3 Å². The van der Waals surface area contributed by atoms with Crippen LogP contribution < -0.4 is 10.1 Å². The Kier molecular flexibility index (Phi) is 9.26. The number of β-lactam (4-membered cyclic amide) rings is 1. The number of hydrogen-bond donors (Lipinski definition) is 2. The van der Waals surface area contributed by atoms with Crippen molar-refractivity contribution in [1.29, 1.82) is 0 Å². The molecule has 3 heterocycles. The molecule has 1 aromatic rings. The van der Waals surface area contributed by atoms with E-state index in [2.05, 4.69) is 5.32 Å². The maximum Gasteiger partial charge on any atom is 0.327 e. The number of piperazine rings is 1. The van der Waals surface area contributed by atoms with Gasteiger partial charge in [-0.3, -0.25) is 9.59 Å². The van der Waals surface area contributed by atoms with Crippen molar-refractivity contribution < 1.29 is 29.0 Å². The predicted molar refractivity (Wildman–Crippen MR) is 136 cm³/mol. The first kappa shape index (κ1) is 27.2. The second-order valence-electron chi connectivity index (χ2n) is 9.94. The number of urea groups is 1. The fourth-order valence-electron chi connectivity index (χ4n) is 5.31. The van der Waals surface area contributed by atoms with Crippen LogP contribution in [0.3, 0.4) is 0 Å². The van der Waals surface area contributed by atoms with E-state index < -0.39 is 29.9 Å². The molecule has 0 aliphatic carbocycles. The number of nitrogens with one attached hydrogen (secondary N) is 1. The monoisotopic (exact) mass is 534 g/mol. The van der Waals surface area contributed by atoms with Crippen LogP contribution in [0.4, 0.5) is 4.79 Å². The number of carboxylic acid groups (broad SMARTS) is 1. The smallest absolute Gasteiger partial charge is 0.327 e. The number of unbranched alkanes of at least 4 members (excludes halogenated alkanes) is 1. The average molecular weight is 535 g/mol. The zero-order valence-corrected chi connectivity index (χ0v) is 21.7. The van der Waals surface area contributed by atoms with Gasteiger partial charge in [0.2, 0.25) is 11.8 Å². The molecule has 0 unspecified atom stereocenters. The Morgan fingerprint density at radius 2 is 1.65 bits per heavy atom. The lowest BCUT2D eigenvalue weighted by Crippen LogP contribution is -2.69. The predicted octanol–water partition coefficient (Wildman–Crippen LogP) is 2.45. The number of hydrogen-bond acceptors (Lipinski definition) is 6. The van der Waals surface area contributed by atoms with Gasteiger partial charge >= 0.3 is 12.0 Å². The summed E-state index contributed by atoms with van der Waals surface area (Å²) in [4.78, 5) is 54.5. The molecule has 37 heavy (non-hydrogen) atoms. The molecule has 4 rings (SSSR count). The highest BCUT2D eigenvalue weighted by molar-refractivity contribution is 6.30. The fraction of sp³-hybridized carbons (Fsp3) is 0.615. The number of carboxylic acids is 1. The number of aliphatic carboxylic acids is 1. The Hall–Kier alpha value is -2.85. The van der Waals surface area contributed by atoms with Crippen molar-refractivity contribution in [2.24, 2.45) is 11.8 Å². The number of nitrogens with zero attached hydrogens (tertiary/aromatic N) is 3. The number of halogens is 1. The molecular formula is C26H35ClN4O6. The molecule has 1 aromatic carbocycles. The van der Waals surface area contributed by atoms with Crippen molar-refractivity contribution >= 4 is 35.4 Å². The van der Waals surface area contributed by atoms with Crippen LogP contribution in [-0.4, -0.2) is 95.5 Å². The lowest BCUT2D eigenvalue weighted by molar-refractivity contribution is -0.167. The Bertz CT molecular complexity index is 976. The molecule has 0 radical (unpaired) electrons. The van der Waals surface area contributed by atoms with E-state index in [-0.39, 0.29) is 19.0 Å². The topological polar surface area (TPSA) is 119 Å². The number of carbonyl (C=O) groups is 4. The minimum atomic E-state index is -1.14. The third-order valence-corrected chi connectivity index (χ3v) is 7.74. The molecule has 0 saturated carbocycles. The summed E-state index contributed by atoms with van der Waals surface area (Å²) in [5.74, 6) is -1.12. The van der Waals surface area contributed by atoms with E-state index in [9.17, 15) is 24.3 Å². The van der Waals surface area contributed by atoms with Gasteiger partial charge in [0.25, 0.3) is 0 Å². The second-order valence-corrected chi connectivity index (χ2v) is 10.4. The molecular weight excluding hydrogens is 500 g/mol. The van der Waals surface area contributed by atoms with Gasteiger partial charge in [0.15, 0.2) is 6.04 Å². The van der Waals surface area contributed by atoms with Crippen molar-refractivity contribution in [2.45, 2.75) is 44.6 Å². The van der Waals surface area contributed by atoms with Crippen LogP contribution in [0.15, 0.2) is 24.3 Å². The number of piperidine rings is 1. The lowest BCUT2D eigenvalue weighted by Gasteiger charge is -2.47. The summed E-state index contributed by atoms with van der Waals surface area (Å²) in [5.41, 5.74) is 0. The first-order valence-corrected chi connectivity index (χ1v) is 13.4. The van der Waals surface area contributed by atoms with Gasteiger partial charge in [0.1, 0.15) is 5.75 Å². The molecule has 3 fully saturated rings.